The summed E-state index contributed by atoms with van der Waals surface area (Å²) in [7, 11) is 0. The van der Waals surface area contributed by atoms with E-state index in [4.69, 9.17) is 20.8 Å². The molecule has 146 valence electrons. The van der Waals surface area contributed by atoms with Crippen molar-refractivity contribution < 1.29 is 22.3 Å². The van der Waals surface area contributed by atoms with E-state index in [1.54, 1.807) is 11.0 Å². The molecule has 0 radical (unpaired) electrons. The molecule has 0 fully saturated rings. The van der Waals surface area contributed by atoms with Gasteiger partial charge in [-0.25, -0.2) is 4.79 Å². The van der Waals surface area contributed by atoms with Gasteiger partial charge in [0.15, 0.2) is 6.73 Å². The van der Waals surface area contributed by atoms with Crippen molar-refractivity contribution in [1.82, 2.24) is 0 Å². The molecule has 4 rings (SSSR count). The summed E-state index contributed by atoms with van der Waals surface area (Å²) in [4.78, 5) is 13.7. The lowest BCUT2D eigenvalue weighted by Crippen LogP contribution is -2.32. The van der Waals surface area contributed by atoms with Crippen LogP contribution >= 0.6 is 11.6 Å². The highest BCUT2D eigenvalue weighted by atomic mass is 35.5. The van der Waals surface area contributed by atoms with Gasteiger partial charge in [0.05, 0.1) is 22.7 Å². The van der Waals surface area contributed by atoms with E-state index in [1.165, 1.54) is 18.2 Å². The Hall–Kier alpha value is -2.67. The number of hydrogen-bond acceptors (Lipinski definition) is 4. The van der Waals surface area contributed by atoms with Crippen LogP contribution in [0.4, 0.5) is 18.9 Å². The Bertz CT molecular complexity index is 1110. The molecule has 1 aliphatic heterocycles. The molecule has 0 N–H and O–H groups in total. The van der Waals surface area contributed by atoms with Crippen molar-refractivity contribution >= 4 is 28.3 Å². The predicted molar refractivity (Wildman–Crippen MR) is 100.0 cm³/mol. The van der Waals surface area contributed by atoms with E-state index in [-0.39, 0.29) is 13.3 Å². The Labute approximate surface area is 163 Å². The number of hydrogen-bond donors (Lipinski definition) is 0. The van der Waals surface area contributed by atoms with Crippen LogP contribution in [-0.4, -0.2) is 6.73 Å². The van der Waals surface area contributed by atoms with Crippen molar-refractivity contribution in [2.75, 3.05) is 11.6 Å². The number of anilines is 1. The fraction of sp³-hybridized carbons (Fsp3) is 0.250. The number of nitrogens with zero attached hydrogens (tertiary/aromatic N) is 1. The molecular formula is C20H15ClF3NO3. The molecule has 0 bridgehead atoms. The van der Waals surface area contributed by atoms with Crippen molar-refractivity contribution in [3.63, 3.8) is 0 Å². The Morgan fingerprint density at radius 1 is 1.18 bits per heavy atom. The van der Waals surface area contributed by atoms with Crippen LogP contribution in [0.3, 0.4) is 0 Å². The lowest BCUT2D eigenvalue weighted by molar-refractivity contribution is -0.137. The summed E-state index contributed by atoms with van der Waals surface area (Å²) in [6.45, 7) is 2.32. The van der Waals surface area contributed by atoms with E-state index < -0.39 is 17.4 Å². The van der Waals surface area contributed by atoms with Crippen molar-refractivity contribution in [3.05, 3.63) is 68.5 Å². The van der Waals surface area contributed by atoms with Gasteiger partial charge in [-0.2, -0.15) is 13.2 Å². The van der Waals surface area contributed by atoms with E-state index >= 15 is 0 Å². The first-order chi connectivity index (χ1) is 13.3. The van der Waals surface area contributed by atoms with Gasteiger partial charge in [0.25, 0.3) is 0 Å². The molecule has 0 spiro atoms. The normalized spacial score (nSPS) is 14.1. The number of rotatable bonds is 2. The van der Waals surface area contributed by atoms with Gasteiger partial charge >= 0.3 is 11.8 Å². The van der Waals surface area contributed by atoms with Gasteiger partial charge < -0.3 is 14.1 Å². The fourth-order valence-electron chi connectivity index (χ4n) is 3.37. The SMILES string of the molecule is CCc1cc(=O)oc2c3c(c(Cl)cc12)OCN(c1ccc(C(F)(F)F)cc1)C3. The zero-order valence-electron chi connectivity index (χ0n) is 14.8. The highest BCUT2D eigenvalue weighted by molar-refractivity contribution is 6.33. The summed E-state index contributed by atoms with van der Waals surface area (Å²) in [6.07, 6.45) is -3.77. The minimum atomic E-state index is -4.40. The molecule has 4 nitrogen and oxygen atoms in total. The van der Waals surface area contributed by atoms with Crippen molar-refractivity contribution in [3.8, 4) is 5.75 Å². The third kappa shape index (κ3) is 3.20. The van der Waals surface area contributed by atoms with Crippen molar-refractivity contribution in [2.45, 2.75) is 26.1 Å². The molecule has 3 aromatic rings. The molecule has 28 heavy (non-hydrogen) atoms. The van der Waals surface area contributed by atoms with Gasteiger partial charge in [0.1, 0.15) is 11.3 Å². The average Bonchev–Trinajstić information content (AvgIpc) is 2.67. The Morgan fingerprint density at radius 3 is 2.54 bits per heavy atom. The van der Waals surface area contributed by atoms with Gasteiger partial charge in [-0.1, -0.05) is 18.5 Å². The van der Waals surface area contributed by atoms with Gasteiger partial charge in [0, 0.05) is 17.1 Å². The highest BCUT2D eigenvalue weighted by Gasteiger charge is 2.31. The molecule has 8 heteroatoms. The second kappa shape index (κ2) is 6.74. The maximum Gasteiger partial charge on any atom is 0.416 e. The Kier molecular flexibility index (Phi) is 4.50. The van der Waals surface area contributed by atoms with Crippen LogP contribution < -0.4 is 15.3 Å². The Balaban J connectivity index is 1.78. The molecule has 0 unspecified atom stereocenters. The van der Waals surface area contributed by atoms with Gasteiger partial charge in [-0.3, -0.25) is 0 Å². The number of aryl methyl sites for hydroxylation is 1. The molecule has 1 aliphatic rings. The third-order valence-electron chi connectivity index (χ3n) is 4.78. The van der Waals surface area contributed by atoms with Crippen LogP contribution in [0.5, 0.6) is 5.75 Å². The number of halogens is 4. The standard InChI is InChI=1S/C20H15ClF3NO3/c1-2-11-7-17(26)28-18-14(11)8-16(21)19-15(18)9-25(10-27-19)13-5-3-12(4-6-13)20(22,23)24/h3-8H,2,9-10H2,1H3. The van der Waals surface area contributed by atoms with Crippen molar-refractivity contribution in [2.24, 2.45) is 0 Å². The van der Waals surface area contributed by atoms with E-state index in [0.717, 1.165) is 23.1 Å². The van der Waals surface area contributed by atoms with E-state index in [0.29, 0.717) is 34.0 Å². The minimum absolute atomic E-state index is 0.112. The van der Waals surface area contributed by atoms with Crippen LogP contribution in [0.25, 0.3) is 11.0 Å². The average molecular weight is 410 g/mol. The largest absolute Gasteiger partial charge is 0.471 e. The van der Waals surface area contributed by atoms with Gasteiger partial charge in [0.2, 0.25) is 0 Å². The first-order valence-corrected chi connectivity index (χ1v) is 8.99. The second-order valence-corrected chi connectivity index (χ2v) is 6.91. The molecule has 0 amide bonds. The molecule has 0 saturated carbocycles. The van der Waals surface area contributed by atoms with E-state index in [2.05, 4.69) is 0 Å². The quantitative estimate of drug-likeness (QED) is 0.533. The minimum Gasteiger partial charge on any atom is -0.471 e. The summed E-state index contributed by atoms with van der Waals surface area (Å²) < 4.78 is 49.6. The van der Waals surface area contributed by atoms with Crippen LogP contribution in [0, 0.1) is 0 Å². The summed E-state index contributed by atoms with van der Waals surface area (Å²) in [5, 5.41) is 1.13. The lowest BCUT2D eigenvalue weighted by Gasteiger charge is -2.31. The van der Waals surface area contributed by atoms with Crippen LogP contribution in [0.2, 0.25) is 5.02 Å². The maximum atomic E-state index is 12.8. The van der Waals surface area contributed by atoms with Crippen LogP contribution in [0.1, 0.15) is 23.6 Å². The lowest BCUT2D eigenvalue weighted by atomic mass is 10.0. The second-order valence-electron chi connectivity index (χ2n) is 6.50. The van der Waals surface area contributed by atoms with E-state index in [9.17, 15) is 18.0 Å². The van der Waals surface area contributed by atoms with E-state index in [1.807, 2.05) is 6.92 Å². The maximum absolute atomic E-state index is 12.8. The van der Waals surface area contributed by atoms with Crippen molar-refractivity contribution in [1.29, 1.82) is 0 Å². The van der Waals surface area contributed by atoms with Gasteiger partial charge in [-0.05, 0) is 42.3 Å². The smallest absolute Gasteiger partial charge is 0.416 e. The number of alkyl halides is 3. The summed E-state index contributed by atoms with van der Waals surface area (Å²) >= 11 is 6.37. The zero-order chi connectivity index (χ0) is 20.1. The van der Waals surface area contributed by atoms with Crippen LogP contribution in [-0.2, 0) is 19.1 Å². The molecule has 0 saturated heterocycles. The molecular weight excluding hydrogens is 395 g/mol. The molecule has 2 heterocycles. The molecule has 1 aromatic heterocycles. The number of benzene rings is 2. The number of fused-ring (bicyclic) bond motifs is 3. The first kappa shape index (κ1) is 18.7. The highest BCUT2D eigenvalue weighted by Crippen LogP contribution is 2.40. The predicted octanol–water partition coefficient (Wildman–Crippen LogP) is 5.38. The van der Waals surface area contributed by atoms with Crippen LogP contribution in [0.15, 0.2) is 45.6 Å². The topological polar surface area (TPSA) is 42.7 Å². The number of ether oxygens (including phenoxy) is 1. The van der Waals surface area contributed by atoms with Gasteiger partial charge in [-0.15, -0.1) is 0 Å². The summed E-state index contributed by atoms with van der Waals surface area (Å²) in [5.74, 6) is 0.425. The first-order valence-electron chi connectivity index (χ1n) is 8.61. The molecule has 0 atom stereocenters. The Morgan fingerprint density at radius 2 is 1.89 bits per heavy atom. The molecule has 0 aliphatic carbocycles. The zero-order valence-corrected chi connectivity index (χ0v) is 15.5. The fourth-order valence-corrected chi connectivity index (χ4v) is 3.65. The third-order valence-corrected chi connectivity index (χ3v) is 5.06. The summed E-state index contributed by atoms with van der Waals surface area (Å²) in [5.41, 5.74) is 1.16. The monoisotopic (exact) mass is 409 g/mol. The molecule has 2 aromatic carbocycles. The summed E-state index contributed by atoms with van der Waals surface area (Å²) in [6, 6.07) is 7.97.